The lowest BCUT2D eigenvalue weighted by molar-refractivity contribution is -0.161. The van der Waals surface area contributed by atoms with Crippen molar-refractivity contribution in [3.05, 3.63) is 35.4 Å². The molecule has 4 heteroatoms. The van der Waals surface area contributed by atoms with Gasteiger partial charge in [0, 0.05) is 32.2 Å². The molecule has 2 aliphatic rings. The van der Waals surface area contributed by atoms with E-state index in [1.807, 2.05) is 17.0 Å². The van der Waals surface area contributed by atoms with Crippen molar-refractivity contribution in [1.82, 2.24) is 4.90 Å². The zero-order valence-electron chi connectivity index (χ0n) is 14.2. The highest BCUT2D eigenvalue weighted by Crippen LogP contribution is 2.40. The molecule has 0 saturated carbocycles. The van der Waals surface area contributed by atoms with Gasteiger partial charge in [-0.3, -0.25) is 4.79 Å². The number of likely N-dealkylation sites (tertiary alicyclic amines) is 1. The fraction of sp³-hybridized carbons (Fsp3) is 0.632. The molecule has 0 bridgehead atoms. The highest BCUT2D eigenvalue weighted by molar-refractivity contribution is 5.79. The number of benzene rings is 1. The van der Waals surface area contributed by atoms with Crippen LogP contribution < -0.4 is 0 Å². The molecule has 0 spiro atoms. The summed E-state index contributed by atoms with van der Waals surface area (Å²) in [7, 11) is 1.74. The zero-order chi connectivity index (χ0) is 16.3. The number of hydrogen-bond acceptors (Lipinski definition) is 3. The van der Waals surface area contributed by atoms with Gasteiger partial charge in [0.25, 0.3) is 0 Å². The molecule has 2 aliphatic heterocycles. The van der Waals surface area contributed by atoms with Gasteiger partial charge in [0.15, 0.2) is 0 Å². The van der Waals surface area contributed by atoms with Crippen molar-refractivity contribution < 1.29 is 14.3 Å². The summed E-state index contributed by atoms with van der Waals surface area (Å²) >= 11 is 0. The molecule has 0 aromatic heterocycles. The van der Waals surface area contributed by atoms with E-state index in [0.29, 0.717) is 13.0 Å². The standard InChI is InChI=1S/C19H27NO3/c1-15-6-3-4-7-16(15)12-18(21)20-10-8-17-19(13-20,14-22-2)9-5-11-23-17/h3-4,6-7,17H,5,8-14H2,1-2H3/t17-,19+/m0/s1. The average Bonchev–Trinajstić information content (AvgIpc) is 2.56. The van der Waals surface area contributed by atoms with Gasteiger partial charge in [-0.15, -0.1) is 0 Å². The van der Waals surface area contributed by atoms with Gasteiger partial charge in [-0.25, -0.2) is 0 Å². The number of carbonyl (C=O) groups is 1. The summed E-state index contributed by atoms with van der Waals surface area (Å²) in [5.41, 5.74) is 2.29. The summed E-state index contributed by atoms with van der Waals surface area (Å²) in [6, 6.07) is 8.13. The lowest BCUT2D eigenvalue weighted by atomic mass is 9.73. The van der Waals surface area contributed by atoms with Gasteiger partial charge in [0.05, 0.1) is 19.1 Å². The number of nitrogens with zero attached hydrogens (tertiary/aromatic N) is 1. The molecule has 1 amide bonds. The third-order valence-corrected chi connectivity index (χ3v) is 5.38. The van der Waals surface area contributed by atoms with Gasteiger partial charge in [-0.2, -0.15) is 0 Å². The first-order valence-electron chi connectivity index (χ1n) is 8.57. The SMILES string of the molecule is COC[C@]12CCCO[C@H]1CCN(C(=O)Cc1ccccc1C)C2. The minimum Gasteiger partial charge on any atom is -0.384 e. The molecule has 3 rings (SSSR count). The van der Waals surface area contributed by atoms with E-state index in [-0.39, 0.29) is 17.4 Å². The van der Waals surface area contributed by atoms with Crippen LogP contribution in [-0.2, 0) is 20.7 Å². The maximum absolute atomic E-state index is 12.8. The molecule has 4 nitrogen and oxygen atoms in total. The van der Waals surface area contributed by atoms with Gasteiger partial charge >= 0.3 is 0 Å². The maximum Gasteiger partial charge on any atom is 0.227 e. The molecule has 0 unspecified atom stereocenters. The van der Waals surface area contributed by atoms with Crippen molar-refractivity contribution in [2.24, 2.45) is 5.41 Å². The van der Waals surface area contributed by atoms with E-state index in [1.54, 1.807) is 7.11 Å². The topological polar surface area (TPSA) is 38.8 Å². The number of hydrogen-bond donors (Lipinski definition) is 0. The molecule has 1 aromatic rings. The zero-order valence-corrected chi connectivity index (χ0v) is 14.2. The molecule has 0 radical (unpaired) electrons. The van der Waals surface area contributed by atoms with E-state index in [4.69, 9.17) is 9.47 Å². The monoisotopic (exact) mass is 317 g/mol. The van der Waals surface area contributed by atoms with E-state index in [1.165, 1.54) is 5.56 Å². The highest BCUT2D eigenvalue weighted by Gasteiger charge is 2.46. The molecule has 0 aliphatic carbocycles. The smallest absolute Gasteiger partial charge is 0.227 e. The predicted octanol–water partition coefficient (Wildman–Crippen LogP) is 2.58. The van der Waals surface area contributed by atoms with Crippen LogP contribution in [0.25, 0.3) is 0 Å². The Labute approximate surface area is 138 Å². The van der Waals surface area contributed by atoms with Gasteiger partial charge in [-0.1, -0.05) is 24.3 Å². The first-order chi connectivity index (χ1) is 11.1. The van der Waals surface area contributed by atoms with Crippen molar-refractivity contribution in [2.45, 2.75) is 38.7 Å². The second-order valence-corrected chi connectivity index (χ2v) is 6.97. The molecule has 1 aromatic carbocycles. The van der Waals surface area contributed by atoms with Gasteiger partial charge in [0.1, 0.15) is 0 Å². The number of rotatable bonds is 4. The Morgan fingerprint density at radius 1 is 1.43 bits per heavy atom. The van der Waals surface area contributed by atoms with Gasteiger partial charge in [0.2, 0.25) is 5.91 Å². The summed E-state index contributed by atoms with van der Waals surface area (Å²) < 4.78 is 11.5. The Morgan fingerprint density at radius 3 is 3.04 bits per heavy atom. The number of piperidine rings is 1. The molecule has 2 saturated heterocycles. The number of carbonyl (C=O) groups excluding carboxylic acids is 1. The normalized spacial score (nSPS) is 27.6. The predicted molar refractivity (Wildman–Crippen MR) is 89.4 cm³/mol. The van der Waals surface area contributed by atoms with Crippen LogP contribution >= 0.6 is 0 Å². The number of amides is 1. The largest absolute Gasteiger partial charge is 0.384 e. The number of fused-ring (bicyclic) bond motifs is 1. The fourth-order valence-electron chi connectivity index (χ4n) is 4.08. The molecule has 2 fully saturated rings. The highest BCUT2D eigenvalue weighted by atomic mass is 16.5. The van der Waals surface area contributed by atoms with E-state index < -0.39 is 0 Å². The van der Waals surface area contributed by atoms with Gasteiger partial charge < -0.3 is 14.4 Å². The minimum atomic E-state index is -0.0212. The lowest BCUT2D eigenvalue weighted by Crippen LogP contribution is -2.58. The van der Waals surface area contributed by atoms with Crippen LogP contribution in [0.2, 0.25) is 0 Å². The average molecular weight is 317 g/mol. The van der Waals surface area contributed by atoms with Crippen molar-refractivity contribution in [3.63, 3.8) is 0 Å². The Morgan fingerprint density at radius 2 is 2.26 bits per heavy atom. The number of ether oxygens (including phenoxy) is 2. The Bertz CT molecular complexity index is 555. The maximum atomic E-state index is 12.8. The number of aryl methyl sites for hydroxylation is 1. The van der Waals surface area contributed by atoms with E-state index in [0.717, 1.165) is 44.5 Å². The van der Waals surface area contributed by atoms with Crippen LogP contribution in [0.4, 0.5) is 0 Å². The molecular formula is C19H27NO3. The Kier molecular flexibility index (Phi) is 5.02. The summed E-state index contributed by atoms with van der Waals surface area (Å²) in [5, 5.41) is 0. The van der Waals surface area contributed by atoms with Gasteiger partial charge in [-0.05, 0) is 37.3 Å². The third-order valence-electron chi connectivity index (χ3n) is 5.38. The van der Waals surface area contributed by atoms with Crippen molar-refractivity contribution >= 4 is 5.91 Å². The second-order valence-electron chi connectivity index (χ2n) is 6.97. The third kappa shape index (κ3) is 3.43. The van der Waals surface area contributed by atoms with Crippen LogP contribution in [0.3, 0.4) is 0 Å². The minimum absolute atomic E-state index is 0.0212. The summed E-state index contributed by atoms with van der Waals surface area (Å²) in [6.07, 6.45) is 3.78. The van der Waals surface area contributed by atoms with E-state index in [2.05, 4.69) is 19.1 Å². The summed E-state index contributed by atoms with van der Waals surface area (Å²) in [6.45, 7) is 5.13. The first kappa shape index (κ1) is 16.5. The second kappa shape index (κ2) is 7.02. The Hall–Kier alpha value is -1.39. The van der Waals surface area contributed by atoms with Crippen molar-refractivity contribution in [3.8, 4) is 0 Å². The van der Waals surface area contributed by atoms with Crippen LogP contribution in [0.15, 0.2) is 24.3 Å². The van der Waals surface area contributed by atoms with Crippen molar-refractivity contribution in [1.29, 1.82) is 0 Å². The number of methoxy groups -OCH3 is 1. The van der Waals surface area contributed by atoms with Crippen LogP contribution in [0.5, 0.6) is 0 Å². The van der Waals surface area contributed by atoms with E-state index >= 15 is 0 Å². The molecular weight excluding hydrogens is 290 g/mol. The lowest BCUT2D eigenvalue weighted by Gasteiger charge is -2.50. The summed E-state index contributed by atoms with van der Waals surface area (Å²) in [5.74, 6) is 0.221. The van der Waals surface area contributed by atoms with Crippen LogP contribution in [0.1, 0.15) is 30.4 Å². The van der Waals surface area contributed by atoms with Crippen molar-refractivity contribution in [2.75, 3.05) is 33.4 Å². The molecule has 23 heavy (non-hydrogen) atoms. The van der Waals surface area contributed by atoms with Crippen LogP contribution in [-0.4, -0.2) is 50.3 Å². The van der Waals surface area contributed by atoms with E-state index in [9.17, 15) is 4.79 Å². The molecule has 2 atom stereocenters. The Balaban J connectivity index is 1.71. The summed E-state index contributed by atoms with van der Waals surface area (Å²) in [4.78, 5) is 14.8. The fourth-order valence-corrected chi connectivity index (χ4v) is 4.08. The molecule has 0 N–H and O–H groups in total. The molecule has 126 valence electrons. The first-order valence-corrected chi connectivity index (χ1v) is 8.57. The quantitative estimate of drug-likeness (QED) is 0.857. The molecule has 2 heterocycles. The van der Waals surface area contributed by atoms with Crippen LogP contribution in [0, 0.1) is 12.3 Å².